The summed E-state index contributed by atoms with van der Waals surface area (Å²) in [6.07, 6.45) is 2.76. The van der Waals surface area contributed by atoms with Crippen LogP contribution >= 0.6 is 0 Å². The largest absolute Gasteiger partial charge is 0.356 e. The van der Waals surface area contributed by atoms with E-state index in [1.165, 1.54) is 0 Å². The molecule has 40 heavy (non-hydrogen) atoms. The Kier molecular flexibility index (Phi) is 10.3. The van der Waals surface area contributed by atoms with Gasteiger partial charge in [0.25, 0.3) is 0 Å². The SMILES string of the molecule is CNCC(=O)N[C@@H]1C(=O)N2[C@@H](CC[C@@H]1CNC(=O)CCN)CC[C@H]2C(=O)NC(c1ccccc1)c1ccccc1. The van der Waals surface area contributed by atoms with E-state index in [0.717, 1.165) is 11.1 Å². The zero-order valence-corrected chi connectivity index (χ0v) is 23.0. The second-order valence-corrected chi connectivity index (χ2v) is 10.5. The summed E-state index contributed by atoms with van der Waals surface area (Å²) in [5.74, 6) is -1.30. The maximum Gasteiger partial charge on any atom is 0.246 e. The van der Waals surface area contributed by atoms with Crippen LogP contribution in [0.2, 0.25) is 0 Å². The van der Waals surface area contributed by atoms with Gasteiger partial charge in [0.1, 0.15) is 12.1 Å². The van der Waals surface area contributed by atoms with Crippen LogP contribution in [0.1, 0.15) is 49.3 Å². The molecule has 4 atom stereocenters. The number of fused-ring (bicyclic) bond motifs is 1. The fraction of sp³-hybridized carbons (Fsp3) is 0.467. The molecule has 2 aromatic carbocycles. The number of carbonyl (C=O) groups is 4. The van der Waals surface area contributed by atoms with Gasteiger partial charge in [-0.2, -0.15) is 0 Å². The van der Waals surface area contributed by atoms with Gasteiger partial charge in [-0.25, -0.2) is 0 Å². The van der Waals surface area contributed by atoms with Crippen LogP contribution in [0.4, 0.5) is 0 Å². The normalized spacial score (nSPS) is 22.4. The summed E-state index contributed by atoms with van der Waals surface area (Å²) in [4.78, 5) is 54.3. The van der Waals surface area contributed by atoms with Gasteiger partial charge < -0.3 is 31.9 Å². The molecular formula is C30H40N6O4. The second kappa shape index (κ2) is 14.0. The Bertz CT molecular complexity index is 1120. The number of nitrogens with one attached hydrogen (secondary N) is 4. The Labute approximate surface area is 235 Å². The van der Waals surface area contributed by atoms with Crippen molar-refractivity contribution in [3.63, 3.8) is 0 Å². The fourth-order valence-corrected chi connectivity index (χ4v) is 5.83. The van der Waals surface area contributed by atoms with E-state index in [2.05, 4.69) is 21.3 Å². The highest BCUT2D eigenvalue weighted by Gasteiger charge is 2.47. The van der Waals surface area contributed by atoms with E-state index in [9.17, 15) is 19.2 Å². The number of rotatable bonds is 11. The molecule has 0 saturated carbocycles. The molecule has 2 aliphatic heterocycles. The number of likely N-dealkylation sites (N-methyl/N-ethyl adjacent to an activating group) is 1. The molecule has 2 aliphatic rings. The van der Waals surface area contributed by atoms with E-state index >= 15 is 0 Å². The quantitative estimate of drug-likeness (QED) is 0.281. The second-order valence-electron chi connectivity index (χ2n) is 10.5. The third kappa shape index (κ3) is 7.05. The third-order valence-corrected chi connectivity index (χ3v) is 7.81. The molecule has 2 aromatic rings. The van der Waals surface area contributed by atoms with E-state index in [4.69, 9.17) is 5.73 Å². The zero-order chi connectivity index (χ0) is 28.5. The van der Waals surface area contributed by atoms with E-state index in [-0.39, 0.29) is 67.7 Å². The zero-order valence-electron chi connectivity index (χ0n) is 23.0. The average Bonchev–Trinajstić information content (AvgIpc) is 3.35. The van der Waals surface area contributed by atoms with Crippen LogP contribution in [0.5, 0.6) is 0 Å². The predicted molar refractivity (Wildman–Crippen MR) is 152 cm³/mol. The van der Waals surface area contributed by atoms with E-state index in [0.29, 0.717) is 25.7 Å². The molecule has 2 heterocycles. The fourth-order valence-electron chi connectivity index (χ4n) is 5.83. The highest BCUT2D eigenvalue weighted by Crippen LogP contribution is 2.34. The van der Waals surface area contributed by atoms with Gasteiger partial charge in [-0.3, -0.25) is 19.2 Å². The van der Waals surface area contributed by atoms with Crippen molar-refractivity contribution in [2.45, 2.75) is 56.3 Å². The van der Waals surface area contributed by atoms with Crippen LogP contribution in [-0.2, 0) is 19.2 Å². The molecule has 0 aromatic heterocycles. The maximum absolute atomic E-state index is 14.1. The number of hydrogen-bond donors (Lipinski definition) is 5. The van der Waals surface area contributed by atoms with E-state index < -0.39 is 12.1 Å². The van der Waals surface area contributed by atoms with Crippen LogP contribution in [0.15, 0.2) is 60.7 Å². The predicted octanol–water partition coefficient (Wildman–Crippen LogP) is 0.831. The molecule has 6 N–H and O–H groups in total. The van der Waals surface area contributed by atoms with Crippen molar-refractivity contribution in [1.82, 2.24) is 26.2 Å². The molecule has 10 nitrogen and oxygen atoms in total. The van der Waals surface area contributed by atoms with Gasteiger partial charge in [-0.1, -0.05) is 60.7 Å². The van der Waals surface area contributed by atoms with Crippen molar-refractivity contribution in [3.05, 3.63) is 71.8 Å². The minimum atomic E-state index is -0.850. The Morgan fingerprint density at radius 3 is 2.15 bits per heavy atom. The highest BCUT2D eigenvalue weighted by molar-refractivity contribution is 5.94. The first-order valence-corrected chi connectivity index (χ1v) is 14.1. The lowest BCUT2D eigenvalue weighted by molar-refractivity contribution is -0.143. The van der Waals surface area contributed by atoms with E-state index in [1.54, 1.807) is 11.9 Å². The molecule has 2 fully saturated rings. The minimum absolute atomic E-state index is 0.0548. The number of benzene rings is 2. The number of nitrogens with zero attached hydrogens (tertiary/aromatic N) is 1. The molecule has 214 valence electrons. The molecule has 0 bridgehead atoms. The minimum Gasteiger partial charge on any atom is -0.356 e. The lowest BCUT2D eigenvalue weighted by Gasteiger charge is -2.33. The van der Waals surface area contributed by atoms with Gasteiger partial charge in [0.2, 0.25) is 23.6 Å². The van der Waals surface area contributed by atoms with Crippen molar-refractivity contribution in [2.75, 3.05) is 26.7 Å². The number of hydrogen-bond acceptors (Lipinski definition) is 6. The standard InChI is InChI=1S/C30H40N6O4/c1-32-19-26(38)34-28-22(18-33-25(37)16-17-31)12-13-23-14-15-24(36(23)30(28)40)29(39)35-27(20-8-4-2-5-9-20)21-10-6-3-7-11-21/h2-11,22-24,27-28,32H,12-19,31H2,1H3,(H,33,37)(H,34,38)(H,35,39)/t22-,23+,24+,28+/m1/s1. The van der Waals surface area contributed by atoms with Crippen LogP contribution in [0.25, 0.3) is 0 Å². The van der Waals surface area contributed by atoms with Gasteiger partial charge in [0, 0.05) is 31.5 Å². The molecule has 4 rings (SSSR count). The Morgan fingerprint density at radius 1 is 0.925 bits per heavy atom. The summed E-state index contributed by atoms with van der Waals surface area (Å²) in [5.41, 5.74) is 7.40. The Hall–Kier alpha value is -3.76. The Morgan fingerprint density at radius 2 is 1.55 bits per heavy atom. The maximum atomic E-state index is 14.1. The number of carbonyl (C=O) groups excluding carboxylic acids is 4. The highest BCUT2D eigenvalue weighted by atomic mass is 16.2. The first kappa shape index (κ1) is 29.2. The van der Waals surface area contributed by atoms with Gasteiger partial charge in [-0.15, -0.1) is 0 Å². The number of amides is 4. The van der Waals surface area contributed by atoms with Crippen molar-refractivity contribution in [2.24, 2.45) is 11.7 Å². The first-order chi connectivity index (χ1) is 19.4. The lowest BCUT2D eigenvalue weighted by atomic mass is 9.93. The lowest BCUT2D eigenvalue weighted by Crippen LogP contribution is -2.58. The van der Waals surface area contributed by atoms with Crippen molar-refractivity contribution < 1.29 is 19.2 Å². The topological polar surface area (TPSA) is 146 Å². The molecule has 0 unspecified atom stereocenters. The van der Waals surface area contributed by atoms with Crippen molar-refractivity contribution in [1.29, 1.82) is 0 Å². The van der Waals surface area contributed by atoms with Gasteiger partial charge in [0.15, 0.2) is 0 Å². The third-order valence-electron chi connectivity index (χ3n) is 7.81. The van der Waals surface area contributed by atoms with Crippen LogP contribution in [0.3, 0.4) is 0 Å². The average molecular weight is 549 g/mol. The number of nitrogens with two attached hydrogens (primary N) is 1. The molecule has 0 aliphatic carbocycles. The first-order valence-electron chi connectivity index (χ1n) is 14.1. The smallest absolute Gasteiger partial charge is 0.246 e. The van der Waals surface area contributed by atoms with Crippen LogP contribution in [-0.4, -0.2) is 73.3 Å². The monoisotopic (exact) mass is 548 g/mol. The summed E-state index contributed by atoms with van der Waals surface area (Å²) in [5, 5.41) is 11.8. The van der Waals surface area contributed by atoms with Gasteiger partial charge >= 0.3 is 0 Å². The summed E-state index contributed by atoms with van der Waals surface area (Å²) in [6.45, 7) is 0.535. The van der Waals surface area contributed by atoms with Crippen molar-refractivity contribution >= 4 is 23.6 Å². The molecule has 4 amide bonds. The summed E-state index contributed by atoms with van der Waals surface area (Å²) >= 11 is 0. The van der Waals surface area contributed by atoms with Crippen LogP contribution in [0, 0.1) is 5.92 Å². The van der Waals surface area contributed by atoms with Crippen LogP contribution < -0.4 is 27.0 Å². The molecular weight excluding hydrogens is 508 g/mol. The van der Waals surface area contributed by atoms with Crippen molar-refractivity contribution in [3.8, 4) is 0 Å². The van der Waals surface area contributed by atoms with E-state index in [1.807, 2.05) is 60.7 Å². The molecule has 2 saturated heterocycles. The summed E-state index contributed by atoms with van der Waals surface area (Å²) in [6, 6.07) is 17.5. The van der Waals surface area contributed by atoms with Gasteiger partial charge in [-0.05, 0) is 43.9 Å². The Balaban J connectivity index is 1.56. The summed E-state index contributed by atoms with van der Waals surface area (Å²) in [7, 11) is 1.66. The summed E-state index contributed by atoms with van der Waals surface area (Å²) < 4.78 is 0. The molecule has 0 spiro atoms. The van der Waals surface area contributed by atoms with Gasteiger partial charge in [0.05, 0.1) is 12.6 Å². The molecule has 10 heteroatoms. The molecule has 0 radical (unpaired) electrons.